The number of nitrogens with zero attached hydrogens (tertiary/aromatic N) is 2. The number of thiazole rings is 1. The molecule has 0 aromatic carbocycles. The second-order valence-electron chi connectivity index (χ2n) is 2.77. The van der Waals surface area contributed by atoms with Gasteiger partial charge in [0.15, 0.2) is 5.13 Å². The summed E-state index contributed by atoms with van der Waals surface area (Å²) >= 11 is 1.42. The lowest BCUT2D eigenvalue weighted by molar-refractivity contribution is 0.201. The lowest BCUT2D eigenvalue weighted by Crippen LogP contribution is -2.26. The van der Waals surface area contributed by atoms with E-state index in [-0.39, 0.29) is 6.10 Å². The Labute approximate surface area is 75.6 Å². The van der Waals surface area contributed by atoms with Gasteiger partial charge in [0.2, 0.25) is 0 Å². The molecule has 1 aromatic heterocycles. The van der Waals surface area contributed by atoms with Crippen LogP contribution in [0.4, 0.5) is 10.1 Å². The number of hydrogen-bond acceptors (Lipinski definition) is 5. The molecule has 1 aromatic rings. The molecule has 1 heterocycles. The molecule has 4 nitrogen and oxygen atoms in total. The van der Waals surface area contributed by atoms with Gasteiger partial charge in [-0.15, -0.1) is 0 Å². The number of hydrogen-bond donors (Lipinski definition) is 2. The Bertz CT molecular complexity index is 249. The number of likely N-dealkylation sites (N-methyl/N-ethyl adjacent to an activating group) is 1. The van der Waals surface area contributed by atoms with Crippen LogP contribution in [0.3, 0.4) is 0 Å². The summed E-state index contributed by atoms with van der Waals surface area (Å²) in [4.78, 5) is 5.96. The van der Waals surface area contributed by atoms with Crippen molar-refractivity contribution in [3.63, 3.8) is 0 Å². The smallest absolute Gasteiger partial charge is 0.187 e. The second kappa shape index (κ2) is 3.73. The monoisotopic (exact) mass is 187 g/mol. The quantitative estimate of drug-likeness (QED) is 0.725. The molecule has 0 amide bonds. The minimum atomic E-state index is -0.347. The second-order valence-corrected chi connectivity index (χ2v) is 3.82. The Kier molecular flexibility index (Phi) is 2.88. The van der Waals surface area contributed by atoms with E-state index < -0.39 is 0 Å². The summed E-state index contributed by atoms with van der Waals surface area (Å²) in [6.07, 6.45) is 1.28. The summed E-state index contributed by atoms with van der Waals surface area (Å²) in [5, 5.41) is 10.6. The van der Waals surface area contributed by atoms with Crippen molar-refractivity contribution >= 4 is 21.5 Å². The maximum absolute atomic E-state index is 9.09. The maximum atomic E-state index is 9.09. The number of rotatable bonds is 3. The van der Waals surface area contributed by atoms with E-state index in [4.69, 9.17) is 10.8 Å². The summed E-state index contributed by atoms with van der Waals surface area (Å²) in [5.41, 5.74) is 5.51. The predicted octanol–water partition coefficient (Wildman–Crippen LogP) is 0.542. The Morgan fingerprint density at radius 1 is 1.83 bits per heavy atom. The van der Waals surface area contributed by atoms with Crippen LogP contribution in [0.15, 0.2) is 6.20 Å². The summed E-state index contributed by atoms with van der Waals surface area (Å²) in [5.74, 6) is 0. The molecule has 0 spiro atoms. The van der Waals surface area contributed by atoms with Gasteiger partial charge in [-0.3, -0.25) is 0 Å². The molecule has 0 saturated heterocycles. The molecule has 1 rings (SSSR count). The molecular formula is C7H13N3OS. The molecule has 1 atom stereocenters. The molecular weight excluding hydrogens is 174 g/mol. The standard InChI is InChI=1S/C7H13N3OS/c1-5(11)4-10(2)7-9-3-6(8)12-7/h3,5,11H,4,8H2,1-2H3. The first-order valence-electron chi connectivity index (χ1n) is 3.70. The fourth-order valence-electron chi connectivity index (χ4n) is 0.928. The van der Waals surface area contributed by atoms with Crippen LogP contribution in [0.2, 0.25) is 0 Å². The topological polar surface area (TPSA) is 62.4 Å². The van der Waals surface area contributed by atoms with Gasteiger partial charge in [-0.2, -0.15) is 0 Å². The van der Waals surface area contributed by atoms with Crippen molar-refractivity contribution in [1.82, 2.24) is 4.98 Å². The SMILES string of the molecule is CC(O)CN(C)c1ncc(N)s1. The molecule has 0 radical (unpaired) electrons. The lowest BCUT2D eigenvalue weighted by Gasteiger charge is -2.16. The molecule has 0 aliphatic rings. The number of nitrogen functional groups attached to an aromatic ring is 1. The third-order valence-electron chi connectivity index (χ3n) is 1.38. The van der Waals surface area contributed by atoms with Crippen LogP contribution >= 0.6 is 11.3 Å². The first-order chi connectivity index (χ1) is 5.59. The van der Waals surface area contributed by atoms with Crippen molar-refractivity contribution in [2.45, 2.75) is 13.0 Å². The highest BCUT2D eigenvalue weighted by atomic mass is 32.1. The zero-order valence-corrected chi connectivity index (χ0v) is 8.01. The molecule has 0 bridgehead atoms. The number of anilines is 2. The van der Waals surface area contributed by atoms with Gasteiger partial charge in [-0.25, -0.2) is 4.98 Å². The molecule has 0 aliphatic carbocycles. The van der Waals surface area contributed by atoms with E-state index >= 15 is 0 Å². The van der Waals surface area contributed by atoms with E-state index in [1.807, 2.05) is 11.9 Å². The lowest BCUT2D eigenvalue weighted by atomic mass is 10.4. The number of nitrogens with two attached hydrogens (primary N) is 1. The number of aliphatic hydroxyl groups is 1. The molecule has 68 valence electrons. The molecule has 0 fully saturated rings. The van der Waals surface area contributed by atoms with Crippen molar-refractivity contribution in [3.8, 4) is 0 Å². The van der Waals surface area contributed by atoms with Crippen molar-refractivity contribution in [3.05, 3.63) is 6.20 Å². The Morgan fingerprint density at radius 3 is 2.92 bits per heavy atom. The van der Waals surface area contributed by atoms with Crippen LogP contribution in [0.1, 0.15) is 6.92 Å². The highest BCUT2D eigenvalue weighted by Crippen LogP contribution is 2.22. The van der Waals surface area contributed by atoms with E-state index in [2.05, 4.69) is 4.98 Å². The fraction of sp³-hybridized carbons (Fsp3) is 0.571. The van der Waals surface area contributed by atoms with Crippen LogP contribution in [0.25, 0.3) is 0 Å². The predicted molar refractivity (Wildman–Crippen MR) is 51.5 cm³/mol. The van der Waals surface area contributed by atoms with Crippen molar-refractivity contribution < 1.29 is 5.11 Å². The first-order valence-corrected chi connectivity index (χ1v) is 4.51. The zero-order valence-electron chi connectivity index (χ0n) is 7.19. The maximum Gasteiger partial charge on any atom is 0.187 e. The summed E-state index contributed by atoms with van der Waals surface area (Å²) in [6, 6.07) is 0. The molecule has 0 aliphatic heterocycles. The molecule has 3 N–H and O–H groups in total. The van der Waals surface area contributed by atoms with E-state index in [1.165, 1.54) is 11.3 Å². The van der Waals surface area contributed by atoms with Crippen LogP contribution in [-0.2, 0) is 0 Å². The van der Waals surface area contributed by atoms with E-state index in [1.54, 1.807) is 13.1 Å². The molecule has 1 unspecified atom stereocenters. The summed E-state index contributed by atoms with van der Waals surface area (Å²) in [6.45, 7) is 2.32. The third-order valence-corrected chi connectivity index (χ3v) is 2.32. The number of aliphatic hydroxyl groups excluding tert-OH is 1. The van der Waals surface area contributed by atoms with Gasteiger partial charge in [0.25, 0.3) is 0 Å². The highest BCUT2D eigenvalue weighted by molar-refractivity contribution is 7.19. The highest BCUT2D eigenvalue weighted by Gasteiger charge is 2.07. The number of aromatic nitrogens is 1. The average molecular weight is 187 g/mol. The van der Waals surface area contributed by atoms with Crippen LogP contribution in [-0.4, -0.2) is 29.8 Å². The van der Waals surface area contributed by atoms with Crippen LogP contribution in [0, 0.1) is 0 Å². The Balaban J connectivity index is 2.58. The summed E-state index contributed by atoms with van der Waals surface area (Å²) < 4.78 is 0. The van der Waals surface area contributed by atoms with E-state index in [0.717, 1.165) is 5.13 Å². The minimum Gasteiger partial charge on any atom is -0.392 e. The van der Waals surface area contributed by atoms with Crippen molar-refractivity contribution in [1.29, 1.82) is 0 Å². The molecule has 0 saturated carbocycles. The first kappa shape index (κ1) is 9.28. The van der Waals surface area contributed by atoms with Gasteiger partial charge in [0.1, 0.15) is 5.00 Å². The van der Waals surface area contributed by atoms with Gasteiger partial charge in [0.05, 0.1) is 12.3 Å². The van der Waals surface area contributed by atoms with E-state index in [0.29, 0.717) is 11.5 Å². The van der Waals surface area contributed by atoms with Gasteiger partial charge in [0, 0.05) is 13.6 Å². The Hall–Kier alpha value is -0.810. The van der Waals surface area contributed by atoms with Gasteiger partial charge >= 0.3 is 0 Å². The zero-order chi connectivity index (χ0) is 9.14. The van der Waals surface area contributed by atoms with Crippen LogP contribution < -0.4 is 10.6 Å². The average Bonchev–Trinajstić information content (AvgIpc) is 2.34. The van der Waals surface area contributed by atoms with Crippen molar-refractivity contribution in [2.24, 2.45) is 0 Å². The summed E-state index contributed by atoms with van der Waals surface area (Å²) in [7, 11) is 1.88. The van der Waals surface area contributed by atoms with Crippen LogP contribution in [0.5, 0.6) is 0 Å². The fourth-order valence-corrected chi connectivity index (χ4v) is 1.58. The minimum absolute atomic E-state index is 0.347. The van der Waals surface area contributed by atoms with Crippen molar-refractivity contribution in [2.75, 3.05) is 24.2 Å². The van der Waals surface area contributed by atoms with E-state index in [9.17, 15) is 0 Å². The van der Waals surface area contributed by atoms with Gasteiger partial charge in [-0.1, -0.05) is 11.3 Å². The van der Waals surface area contributed by atoms with Gasteiger partial charge in [-0.05, 0) is 6.92 Å². The van der Waals surface area contributed by atoms with Gasteiger partial charge < -0.3 is 15.7 Å². The Morgan fingerprint density at radius 2 is 2.50 bits per heavy atom. The normalized spacial score (nSPS) is 12.9. The largest absolute Gasteiger partial charge is 0.392 e. The third kappa shape index (κ3) is 2.35. The molecule has 5 heteroatoms. The molecule has 12 heavy (non-hydrogen) atoms.